The zero-order chi connectivity index (χ0) is 16.3. The Morgan fingerprint density at radius 3 is 2.23 bits per heavy atom. The van der Waals surface area contributed by atoms with E-state index in [-0.39, 0.29) is 16.7 Å². The molecule has 1 N–H and O–H groups in total. The van der Waals surface area contributed by atoms with Gasteiger partial charge in [-0.3, -0.25) is 0 Å². The van der Waals surface area contributed by atoms with Gasteiger partial charge in [-0.1, -0.05) is 30.3 Å². The Hall–Kier alpha value is -2.63. The van der Waals surface area contributed by atoms with Gasteiger partial charge in [-0.25, -0.2) is 9.18 Å². The summed E-state index contributed by atoms with van der Waals surface area (Å²) in [6, 6.07) is 8.66. The molecule has 0 aliphatic rings. The molecular weight excluding hydrogens is 300 g/mol. The molecule has 0 atom stereocenters. The van der Waals surface area contributed by atoms with Crippen LogP contribution in [0.4, 0.5) is 17.6 Å². The number of alkyl halides is 3. The maximum absolute atomic E-state index is 13.9. The average Bonchev–Trinajstić information content (AvgIpc) is 2.44. The van der Waals surface area contributed by atoms with Crippen molar-refractivity contribution < 1.29 is 27.5 Å². The van der Waals surface area contributed by atoms with E-state index < -0.39 is 23.5 Å². The quantitative estimate of drug-likeness (QED) is 0.664. The van der Waals surface area contributed by atoms with E-state index in [4.69, 9.17) is 5.11 Å². The molecule has 0 radical (unpaired) electrons. The van der Waals surface area contributed by atoms with Crippen molar-refractivity contribution in [2.45, 2.75) is 6.18 Å². The van der Waals surface area contributed by atoms with Crippen molar-refractivity contribution in [2.75, 3.05) is 0 Å². The maximum atomic E-state index is 13.9. The van der Waals surface area contributed by atoms with Gasteiger partial charge in [-0.05, 0) is 29.3 Å². The van der Waals surface area contributed by atoms with Crippen LogP contribution in [0, 0.1) is 5.82 Å². The topological polar surface area (TPSA) is 37.3 Å². The second-order valence-electron chi connectivity index (χ2n) is 4.42. The highest BCUT2D eigenvalue weighted by atomic mass is 19.4. The predicted octanol–water partition coefficient (Wildman–Crippen LogP) is 4.61. The van der Waals surface area contributed by atoms with E-state index >= 15 is 0 Å². The third-order valence-corrected chi connectivity index (χ3v) is 2.97. The molecule has 0 spiro atoms. The fourth-order valence-corrected chi connectivity index (χ4v) is 2.06. The van der Waals surface area contributed by atoms with Gasteiger partial charge in [-0.2, -0.15) is 13.2 Å². The first-order valence-corrected chi connectivity index (χ1v) is 6.17. The molecule has 2 rings (SSSR count). The number of halogens is 4. The van der Waals surface area contributed by atoms with E-state index in [2.05, 4.69) is 0 Å². The summed E-state index contributed by atoms with van der Waals surface area (Å²) in [5, 5.41) is 8.64. The Kier molecular flexibility index (Phi) is 4.30. The Balaban J connectivity index is 2.74. The highest BCUT2D eigenvalue weighted by molar-refractivity contribution is 5.88. The number of benzene rings is 2. The molecule has 2 nitrogen and oxygen atoms in total. The molecule has 0 bridgehead atoms. The Morgan fingerprint density at radius 2 is 1.64 bits per heavy atom. The van der Waals surface area contributed by atoms with Crippen molar-refractivity contribution in [3.63, 3.8) is 0 Å². The summed E-state index contributed by atoms with van der Waals surface area (Å²) in [6.45, 7) is 0. The summed E-state index contributed by atoms with van der Waals surface area (Å²) in [5.74, 6) is -2.08. The number of rotatable bonds is 3. The molecule has 6 heteroatoms. The second-order valence-corrected chi connectivity index (χ2v) is 4.42. The molecule has 2 aromatic rings. The lowest BCUT2D eigenvalue weighted by atomic mass is 9.94. The van der Waals surface area contributed by atoms with Gasteiger partial charge in [0, 0.05) is 11.6 Å². The summed E-state index contributed by atoms with van der Waals surface area (Å²) in [6.07, 6.45) is -3.26. The van der Waals surface area contributed by atoms with E-state index in [0.29, 0.717) is 6.08 Å². The van der Waals surface area contributed by atoms with Crippen LogP contribution in [-0.4, -0.2) is 11.1 Å². The van der Waals surface area contributed by atoms with Gasteiger partial charge in [0.05, 0.1) is 5.56 Å². The molecular formula is C16H10F4O2. The zero-order valence-electron chi connectivity index (χ0n) is 11.1. The van der Waals surface area contributed by atoms with Crippen LogP contribution in [-0.2, 0) is 11.0 Å². The van der Waals surface area contributed by atoms with E-state index in [1.165, 1.54) is 24.3 Å². The number of carbonyl (C=O) groups is 1. The van der Waals surface area contributed by atoms with Crippen molar-refractivity contribution in [1.29, 1.82) is 0 Å². The van der Waals surface area contributed by atoms with E-state index in [1.807, 2.05) is 0 Å². The molecule has 114 valence electrons. The highest BCUT2D eigenvalue weighted by Gasteiger charge is 2.33. The van der Waals surface area contributed by atoms with Gasteiger partial charge in [0.1, 0.15) is 5.82 Å². The molecule has 0 aliphatic carbocycles. The number of hydrogen-bond donors (Lipinski definition) is 1. The minimum Gasteiger partial charge on any atom is -0.478 e. The van der Waals surface area contributed by atoms with Gasteiger partial charge in [-0.15, -0.1) is 0 Å². The average molecular weight is 310 g/mol. The first kappa shape index (κ1) is 15.8. The molecule has 2 aromatic carbocycles. The van der Waals surface area contributed by atoms with Gasteiger partial charge in [0.25, 0.3) is 0 Å². The first-order chi connectivity index (χ1) is 10.3. The van der Waals surface area contributed by atoms with Gasteiger partial charge >= 0.3 is 12.1 Å². The zero-order valence-corrected chi connectivity index (χ0v) is 11.1. The predicted molar refractivity (Wildman–Crippen MR) is 73.5 cm³/mol. The fraction of sp³-hybridized carbons (Fsp3) is 0.0625. The largest absolute Gasteiger partial charge is 0.478 e. The van der Waals surface area contributed by atoms with Crippen molar-refractivity contribution in [3.8, 4) is 11.1 Å². The molecule has 0 aliphatic heterocycles. The van der Waals surface area contributed by atoms with Crippen LogP contribution >= 0.6 is 0 Å². The molecule has 0 heterocycles. The SMILES string of the molecule is O=C(O)C=Cc1c(-c2ccccc2F)cccc1C(F)(F)F. The minimum atomic E-state index is -4.68. The third kappa shape index (κ3) is 3.33. The Bertz CT molecular complexity index is 733. The van der Waals surface area contributed by atoms with Crippen molar-refractivity contribution >= 4 is 12.0 Å². The van der Waals surface area contributed by atoms with Crippen LogP contribution in [0.2, 0.25) is 0 Å². The lowest BCUT2D eigenvalue weighted by Crippen LogP contribution is -2.08. The Labute approximate surface area is 123 Å². The lowest BCUT2D eigenvalue weighted by Gasteiger charge is -2.15. The number of aliphatic carboxylic acids is 1. The van der Waals surface area contributed by atoms with Crippen LogP contribution in [0.3, 0.4) is 0 Å². The van der Waals surface area contributed by atoms with Crippen LogP contribution in [0.25, 0.3) is 17.2 Å². The monoisotopic (exact) mass is 310 g/mol. The smallest absolute Gasteiger partial charge is 0.417 e. The third-order valence-electron chi connectivity index (χ3n) is 2.97. The van der Waals surface area contributed by atoms with E-state index in [1.54, 1.807) is 0 Å². The summed E-state index contributed by atoms with van der Waals surface area (Å²) in [5.41, 5.74) is -1.46. The normalized spacial score (nSPS) is 11.8. The second kappa shape index (κ2) is 6.01. The lowest BCUT2D eigenvalue weighted by molar-refractivity contribution is -0.137. The number of hydrogen-bond acceptors (Lipinski definition) is 1. The van der Waals surface area contributed by atoms with Gasteiger partial charge < -0.3 is 5.11 Å². The molecule has 0 aromatic heterocycles. The molecule has 0 unspecified atom stereocenters. The Morgan fingerprint density at radius 1 is 1.00 bits per heavy atom. The highest BCUT2D eigenvalue weighted by Crippen LogP contribution is 2.38. The summed E-state index contributed by atoms with van der Waals surface area (Å²) >= 11 is 0. The molecule has 0 amide bonds. The molecule has 0 fully saturated rings. The van der Waals surface area contributed by atoms with Gasteiger partial charge in [0.15, 0.2) is 0 Å². The van der Waals surface area contributed by atoms with Crippen molar-refractivity contribution in [1.82, 2.24) is 0 Å². The van der Waals surface area contributed by atoms with Crippen LogP contribution in [0.5, 0.6) is 0 Å². The molecule has 0 saturated carbocycles. The van der Waals surface area contributed by atoms with Crippen molar-refractivity contribution in [2.24, 2.45) is 0 Å². The van der Waals surface area contributed by atoms with E-state index in [9.17, 15) is 22.4 Å². The number of carboxylic acid groups (broad SMARTS) is 1. The molecule has 22 heavy (non-hydrogen) atoms. The molecule has 0 saturated heterocycles. The van der Waals surface area contributed by atoms with Crippen LogP contribution in [0.1, 0.15) is 11.1 Å². The van der Waals surface area contributed by atoms with Crippen LogP contribution < -0.4 is 0 Å². The standard InChI is InChI=1S/C16H10F4O2/c17-14-7-2-1-4-12(14)10-5-3-6-13(16(18,19)20)11(10)8-9-15(21)22/h1-9H,(H,21,22). The van der Waals surface area contributed by atoms with Crippen molar-refractivity contribution in [3.05, 3.63) is 65.5 Å². The first-order valence-electron chi connectivity index (χ1n) is 6.17. The summed E-state index contributed by atoms with van der Waals surface area (Å²) in [4.78, 5) is 10.6. The minimum absolute atomic E-state index is 0.0228. The van der Waals surface area contributed by atoms with Crippen LogP contribution in [0.15, 0.2) is 48.5 Å². The fourth-order valence-electron chi connectivity index (χ4n) is 2.06. The van der Waals surface area contributed by atoms with E-state index in [0.717, 1.165) is 24.3 Å². The number of carboxylic acids is 1. The summed E-state index contributed by atoms with van der Waals surface area (Å²) < 4.78 is 53.1. The van der Waals surface area contributed by atoms with Gasteiger partial charge in [0.2, 0.25) is 0 Å². The summed E-state index contributed by atoms with van der Waals surface area (Å²) in [7, 11) is 0. The maximum Gasteiger partial charge on any atom is 0.417 e.